The Labute approximate surface area is 111 Å². The van der Waals surface area contributed by atoms with Gasteiger partial charge in [-0.1, -0.05) is 0 Å². The number of likely N-dealkylation sites (tertiary alicyclic amines) is 1. The first-order valence-electron chi connectivity index (χ1n) is 6.32. The Morgan fingerprint density at radius 3 is 2.26 bits per heavy atom. The van der Waals surface area contributed by atoms with Crippen LogP contribution in [0.2, 0.25) is 0 Å². The number of hydrogen-bond acceptors (Lipinski definition) is 3. The molecule has 1 aromatic rings. The van der Waals surface area contributed by atoms with Crippen molar-refractivity contribution in [3.05, 3.63) is 29.8 Å². The maximum Gasteiger partial charge on any atom is 0.335 e. The number of aromatic carboxylic acids is 1. The summed E-state index contributed by atoms with van der Waals surface area (Å²) in [4.78, 5) is 23.7. The molecule has 1 saturated heterocycles. The third-order valence-corrected chi connectivity index (χ3v) is 3.29. The lowest BCUT2D eigenvalue weighted by Crippen LogP contribution is -2.40. The predicted octanol–water partition coefficient (Wildman–Crippen LogP) is 1.77. The number of amides is 1. The average Bonchev–Trinajstić information content (AvgIpc) is 2.40. The summed E-state index contributed by atoms with van der Waals surface area (Å²) in [5.74, 6) is -0.170. The summed E-state index contributed by atoms with van der Waals surface area (Å²) in [7, 11) is 0. The summed E-state index contributed by atoms with van der Waals surface area (Å²) in [5.41, 5.74) is 0.249. The minimum Gasteiger partial charge on any atom is -0.490 e. The number of piperidine rings is 1. The van der Waals surface area contributed by atoms with E-state index in [1.54, 1.807) is 19.1 Å². The number of carbonyl (C=O) groups is 2. The van der Waals surface area contributed by atoms with Gasteiger partial charge < -0.3 is 14.7 Å². The standard InChI is InChI=1S/C14H17NO4/c1-10(16)15-8-6-13(7-9-15)19-12-4-2-11(3-5-12)14(17)18/h2-5,13H,6-9H2,1H3,(H,17,18). The van der Waals surface area contributed by atoms with Crippen LogP contribution in [0, 0.1) is 0 Å². The molecule has 0 unspecified atom stereocenters. The lowest BCUT2D eigenvalue weighted by atomic mass is 10.1. The average molecular weight is 263 g/mol. The van der Waals surface area contributed by atoms with Gasteiger partial charge in [0.15, 0.2) is 0 Å². The molecule has 0 atom stereocenters. The molecule has 5 heteroatoms. The van der Waals surface area contributed by atoms with Gasteiger partial charge >= 0.3 is 5.97 Å². The van der Waals surface area contributed by atoms with E-state index in [9.17, 15) is 9.59 Å². The highest BCUT2D eigenvalue weighted by molar-refractivity contribution is 5.87. The molecule has 1 aliphatic rings. The molecular formula is C14H17NO4. The van der Waals surface area contributed by atoms with Gasteiger partial charge in [-0.05, 0) is 24.3 Å². The molecule has 102 valence electrons. The SMILES string of the molecule is CC(=O)N1CCC(Oc2ccc(C(=O)O)cc2)CC1. The molecular weight excluding hydrogens is 246 g/mol. The van der Waals surface area contributed by atoms with Crippen LogP contribution in [0.15, 0.2) is 24.3 Å². The topological polar surface area (TPSA) is 66.8 Å². The second-order valence-electron chi connectivity index (χ2n) is 4.65. The minimum absolute atomic E-state index is 0.0891. The highest BCUT2D eigenvalue weighted by atomic mass is 16.5. The van der Waals surface area contributed by atoms with E-state index in [4.69, 9.17) is 9.84 Å². The molecule has 0 radical (unpaired) electrons. The van der Waals surface area contributed by atoms with Gasteiger partial charge in [0.1, 0.15) is 11.9 Å². The van der Waals surface area contributed by atoms with Crippen molar-refractivity contribution in [2.75, 3.05) is 13.1 Å². The molecule has 1 amide bonds. The van der Waals surface area contributed by atoms with Gasteiger partial charge in [0.25, 0.3) is 0 Å². The zero-order valence-electron chi connectivity index (χ0n) is 10.8. The van der Waals surface area contributed by atoms with Gasteiger partial charge in [0.05, 0.1) is 5.56 Å². The number of nitrogens with zero attached hydrogens (tertiary/aromatic N) is 1. The Morgan fingerprint density at radius 1 is 1.21 bits per heavy atom. The summed E-state index contributed by atoms with van der Waals surface area (Å²) in [6.07, 6.45) is 1.70. The Balaban J connectivity index is 1.88. The summed E-state index contributed by atoms with van der Waals surface area (Å²) in [5, 5.41) is 8.80. The molecule has 1 aromatic carbocycles. The molecule has 1 heterocycles. The van der Waals surface area contributed by atoms with Crippen LogP contribution in [0.1, 0.15) is 30.1 Å². The fourth-order valence-electron chi connectivity index (χ4n) is 2.16. The van der Waals surface area contributed by atoms with E-state index in [1.165, 1.54) is 12.1 Å². The number of carboxylic acid groups (broad SMARTS) is 1. The van der Waals surface area contributed by atoms with Crippen LogP contribution >= 0.6 is 0 Å². The highest BCUT2D eigenvalue weighted by Gasteiger charge is 2.21. The second-order valence-corrected chi connectivity index (χ2v) is 4.65. The molecule has 1 aliphatic heterocycles. The van der Waals surface area contributed by atoms with E-state index in [0.717, 1.165) is 12.8 Å². The molecule has 0 spiro atoms. The number of carboxylic acids is 1. The van der Waals surface area contributed by atoms with E-state index in [1.807, 2.05) is 4.90 Å². The van der Waals surface area contributed by atoms with Crippen molar-refractivity contribution in [1.29, 1.82) is 0 Å². The normalized spacial score (nSPS) is 16.2. The van der Waals surface area contributed by atoms with Crippen molar-refractivity contribution in [3.8, 4) is 5.75 Å². The summed E-state index contributed by atoms with van der Waals surface area (Å²) >= 11 is 0. The Bertz CT molecular complexity index is 461. The second kappa shape index (κ2) is 5.73. The smallest absolute Gasteiger partial charge is 0.335 e. The first-order chi connectivity index (χ1) is 9.06. The molecule has 0 saturated carbocycles. The quantitative estimate of drug-likeness (QED) is 0.902. The highest BCUT2D eigenvalue weighted by Crippen LogP contribution is 2.19. The van der Waals surface area contributed by atoms with Gasteiger partial charge in [-0.25, -0.2) is 4.79 Å². The summed E-state index contributed by atoms with van der Waals surface area (Å²) < 4.78 is 5.79. The monoisotopic (exact) mass is 263 g/mol. The van der Waals surface area contributed by atoms with Crippen LogP contribution in [0.5, 0.6) is 5.75 Å². The van der Waals surface area contributed by atoms with E-state index >= 15 is 0 Å². The molecule has 0 aliphatic carbocycles. The van der Waals surface area contributed by atoms with Gasteiger partial charge in [-0.2, -0.15) is 0 Å². The molecule has 0 bridgehead atoms. The minimum atomic E-state index is -0.943. The Kier molecular flexibility index (Phi) is 4.04. The lowest BCUT2D eigenvalue weighted by Gasteiger charge is -2.31. The maximum absolute atomic E-state index is 11.2. The number of hydrogen-bond donors (Lipinski definition) is 1. The molecule has 0 aromatic heterocycles. The van der Waals surface area contributed by atoms with Crippen LogP contribution in [0.25, 0.3) is 0 Å². The van der Waals surface area contributed by atoms with E-state index in [-0.39, 0.29) is 17.6 Å². The molecule has 19 heavy (non-hydrogen) atoms. The van der Waals surface area contributed by atoms with Gasteiger partial charge in [0, 0.05) is 32.9 Å². The lowest BCUT2D eigenvalue weighted by molar-refractivity contribution is -0.130. The first-order valence-corrected chi connectivity index (χ1v) is 6.32. The Morgan fingerprint density at radius 2 is 1.79 bits per heavy atom. The molecule has 1 fully saturated rings. The third kappa shape index (κ3) is 3.47. The van der Waals surface area contributed by atoms with Crippen molar-refractivity contribution >= 4 is 11.9 Å². The fourth-order valence-corrected chi connectivity index (χ4v) is 2.16. The van der Waals surface area contributed by atoms with Gasteiger partial charge in [-0.3, -0.25) is 4.79 Å². The Hall–Kier alpha value is -2.04. The van der Waals surface area contributed by atoms with E-state index in [2.05, 4.69) is 0 Å². The van der Waals surface area contributed by atoms with Crippen LogP contribution < -0.4 is 4.74 Å². The summed E-state index contributed by atoms with van der Waals surface area (Å²) in [6.45, 7) is 3.01. The largest absolute Gasteiger partial charge is 0.490 e. The van der Waals surface area contributed by atoms with Crippen molar-refractivity contribution in [1.82, 2.24) is 4.90 Å². The van der Waals surface area contributed by atoms with Gasteiger partial charge in [-0.15, -0.1) is 0 Å². The molecule has 2 rings (SSSR count). The fraction of sp³-hybridized carbons (Fsp3) is 0.429. The van der Waals surface area contributed by atoms with Crippen LogP contribution in [-0.4, -0.2) is 41.1 Å². The van der Waals surface area contributed by atoms with Crippen LogP contribution in [-0.2, 0) is 4.79 Å². The number of carbonyl (C=O) groups excluding carboxylic acids is 1. The molecule has 5 nitrogen and oxygen atoms in total. The van der Waals surface area contributed by atoms with Crippen molar-refractivity contribution in [2.45, 2.75) is 25.9 Å². The third-order valence-electron chi connectivity index (χ3n) is 3.29. The summed E-state index contributed by atoms with van der Waals surface area (Å²) in [6, 6.07) is 6.40. The van der Waals surface area contributed by atoms with Gasteiger partial charge in [0.2, 0.25) is 5.91 Å². The first kappa shape index (κ1) is 13.4. The number of rotatable bonds is 3. The van der Waals surface area contributed by atoms with E-state index < -0.39 is 5.97 Å². The van der Waals surface area contributed by atoms with Crippen LogP contribution in [0.3, 0.4) is 0 Å². The zero-order chi connectivity index (χ0) is 13.8. The van der Waals surface area contributed by atoms with Crippen molar-refractivity contribution in [2.24, 2.45) is 0 Å². The zero-order valence-corrected chi connectivity index (χ0v) is 10.8. The molecule has 1 N–H and O–H groups in total. The van der Waals surface area contributed by atoms with Crippen molar-refractivity contribution < 1.29 is 19.4 Å². The van der Waals surface area contributed by atoms with E-state index in [0.29, 0.717) is 18.8 Å². The number of ether oxygens (including phenoxy) is 1. The predicted molar refractivity (Wildman–Crippen MR) is 69.3 cm³/mol. The number of benzene rings is 1. The maximum atomic E-state index is 11.2. The van der Waals surface area contributed by atoms with Crippen LogP contribution in [0.4, 0.5) is 0 Å². The van der Waals surface area contributed by atoms with Crippen molar-refractivity contribution in [3.63, 3.8) is 0 Å².